The Bertz CT molecular complexity index is 728. The van der Waals surface area contributed by atoms with Crippen molar-refractivity contribution in [2.75, 3.05) is 6.61 Å². The van der Waals surface area contributed by atoms with E-state index in [1.54, 1.807) is 0 Å². The van der Waals surface area contributed by atoms with Crippen LogP contribution in [0.4, 0.5) is 0 Å². The fourth-order valence-corrected chi connectivity index (χ4v) is 3.04. The van der Waals surface area contributed by atoms with E-state index < -0.39 is 0 Å². The SMILES string of the molecule is CCCOC(=O)C1CCn2c(C(=O)c3ccc(C)cc3)ccc21. The third-order valence-corrected chi connectivity index (χ3v) is 4.29. The zero-order valence-corrected chi connectivity index (χ0v) is 13.5. The number of nitrogens with zero attached hydrogens (tertiary/aromatic N) is 1. The topological polar surface area (TPSA) is 48.3 Å². The molecule has 2 aromatic rings. The molecule has 0 spiro atoms. The van der Waals surface area contributed by atoms with Crippen molar-refractivity contribution in [2.45, 2.75) is 39.2 Å². The molecule has 0 radical (unpaired) electrons. The average Bonchev–Trinajstić information content (AvgIpc) is 3.14. The summed E-state index contributed by atoms with van der Waals surface area (Å²) in [5.74, 6) is -0.432. The molecule has 0 saturated carbocycles. The molecule has 2 heterocycles. The summed E-state index contributed by atoms with van der Waals surface area (Å²) in [7, 11) is 0. The number of benzene rings is 1. The maximum Gasteiger partial charge on any atom is 0.315 e. The molecular weight excluding hydrogens is 290 g/mol. The molecule has 1 unspecified atom stereocenters. The van der Waals surface area contributed by atoms with E-state index in [4.69, 9.17) is 4.74 Å². The highest BCUT2D eigenvalue weighted by Crippen LogP contribution is 2.32. The number of fused-ring (bicyclic) bond motifs is 1. The van der Waals surface area contributed by atoms with Crippen LogP contribution in [0.5, 0.6) is 0 Å². The first-order chi connectivity index (χ1) is 11.1. The van der Waals surface area contributed by atoms with Gasteiger partial charge in [0.05, 0.1) is 18.2 Å². The lowest BCUT2D eigenvalue weighted by Crippen LogP contribution is -2.14. The van der Waals surface area contributed by atoms with Crippen molar-refractivity contribution >= 4 is 11.8 Å². The molecule has 0 bridgehead atoms. The molecular formula is C19H21NO3. The van der Waals surface area contributed by atoms with Crippen LogP contribution in [0.3, 0.4) is 0 Å². The maximum absolute atomic E-state index is 12.7. The fourth-order valence-electron chi connectivity index (χ4n) is 3.04. The minimum absolute atomic E-state index is 0.00109. The molecule has 4 nitrogen and oxygen atoms in total. The van der Waals surface area contributed by atoms with Gasteiger partial charge in [0.2, 0.25) is 5.78 Å². The van der Waals surface area contributed by atoms with Crippen LogP contribution in [-0.2, 0) is 16.1 Å². The molecule has 0 fully saturated rings. The third kappa shape index (κ3) is 2.93. The predicted molar refractivity (Wildman–Crippen MR) is 87.7 cm³/mol. The summed E-state index contributed by atoms with van der Waals surface area (Å²) < 4.78 is 7.22. The number of esters is 1. The van der Waals surface area contributed by atoms with Gasteiger partial charge in [0.15, 0.2) is 0 Å². The van der Waals surface area contributed by atoms with E-state index in [1.807, 2.05) is 54.8 Å². The summed E-state index contributed by atoms with van der Waals surface area (Å²) in [5.41, 5.74) is 3.34. The number of ether oxygens (including phenoxy) is 1. The Hall–Kier alpha value is -2.36. The normalized spacial score (nSPS) is 16.2. The molecule has 3 rings (SSSR count). The first kappa shape index (κ1) is 15.5. The number of carbonyl (C=O) groups excluding carboxylic acids is 2. The molecule has 0 aliphatic carbocycles. The smallest absolute Gasteiger partial charge is 0.315 e. The van der Waals surface area contributed by atoms with E-state index in [0.29, 0.717) is 30.8 Å². The summed E-state index contributed by atoms with van der Waals surface area (Å²) in [6, 6.07) is 11.3. The number of hydrogen-bond acceptors (Lipinski definition) is 3. The predicted octanol–water partition coefficient (Wildman–Crippen LogP) is 3.47. The quantitative estimate of drug-likeness (QED) is 0.627. The largest absolute Gasteiger partial charge is 0.465 e. The molecule has 0 saturated heterocycles. The van der Waals surface area contributed by atoms with Crippen LogP contribution in [0, 0.1) is 6.92 Å². The van der Waals surface area contributed by atoms with Crippen molar-refractivity contribution in [1.29, 1.82) is 0 Å². The van der Waals surface area contributed by atoms with Crippen LogP contribution >= 0.6 is 0 Å². The Labute approximate surface area is 136 Å². The van der Waals surface area contributed by atoms with Crippen molar-refractivity contribution in [2.24, 2.45) is 0 Å². The maximum atomic E-state index is 12.7. The molecule has 1 aliphatic rings. The standard InChI is InChI=1S/C19H21NO3/c1-3-12-23-19(22)15-10-11-20-16(15)8-9-17(20)18(21)14-6-4-13(2)5-7-14/h4-9,15H,3,10-12H2,1-2H3. The van der Waals surface area contributed by atoms with Gasteiger partial charge in [0.1, 0.15) is 0 Å². The number of carbonyl (C=O) groups is 2. The van der Waals surface area contributed by atoms with Gasteiger partial charge < -0.3 is 9.30 Å². The van der Waals surface area contributed by atoms with E-state index >= 15 is 0 Å². The van der Waals surface area contributed by atoms with E-state index in [1.165, 1.54) is 0 Å². The molecule has 120 valence electrons. The lowest BCUT2D eigenvalue weighted by molar-refractivity contribution is -0.145. The van der Waals surface area contributed by atoms with Gasteiger partial charge in [0.25, 0.3) is 0 Å². The van der Waals surface area contributed by atoms with Crippen LogP contribution in [-0.4, -0.2) is 22.9 Å². The zero-order valence-electron chi connectivity index (χ0n) is 13.5. The van der Waals surface area contributed by atoms with Gasteiger partial charge in [-0.2, -0.15) is 0 Å². The first-order valence-electron chi connectivity index (χ1n) is 8.09. The second-order valence-electron chi connectivity index (χ2n) is 6.00. The van der Waals surface area contributed by atoms with Gasteiger partial charge >= 0.3 is 5.97 Å². The van der Waals surface area contributed by atoms with Gasteiger partial charge in [-0.05, 0) is 31.9 Å². The minimum Gasteiger partial charge on any atom is -0.465 e. The second kappa shape index (κ2) is 6.41. The molecule has 0 amide bonds. The van der Waals surface area contributed by atoms with Crippen LogP contribution in [0.25, 0.3) is 0 Å². The highest BCUT2D eigenvalue weighted by molar-refractivity contribution is 6.08. The summed E-state index contributed by atoms with van der Waals surface area (Å²) in [4.78, 5) is 24.8. The first-order valence-corrected chi connectivity index (χ1v) is 8.09. The van der Waals surface area contributed by atoms with E-state index in [2.05, 4.69) is 0 Å². The Morgan fingerprint density at radius 1 is 1.17 bits per heavy atom. The van der Waals surface area contributed by atoms with Crippen LogP contribution in [0.15, 0.2) is 36.4 Å². The molecule has 1 aliphatic heterocycles. The van der Waals surface area contributed by atoms with Gasteiger partial charge in [-0.3, -0.25) is 9.59 Å². The van der Waals surface area contributed by atoms with Crippen LogP contribution in [0.1, 0.15) is 53.0 Å². The van der Waals surface area contributed by atoms with Crippen molar-refractivity contribution in [3.8, 4) is 0 Å². The number of aryl methyl sites for hydroxylation is 1. The lowest BCUT2D eigenvalue weighted by atomic mass is 10.0. The molecule has 1 atom stereocenters. The third-order valence-electron chi connectivity index (χ3n) is 4.29. The van der Waals surface area contributed by atoms with E-state index in [0.717, 1.165) is 17.7 Å². The van der Waals surface area contributed by atoms with Crippen LogP contribution < -0.4 is 0 Å². The van der Waals surface area contributed by atoms with Gasteiger partial charge in [-0.15, -0.1) is 0 Å². The Morgan fingerprint density at radius 2 is 1.91 bits per heavy atom. The Balaban J connectivity index is 1.83. The summed E-state index contributed by atoms with van der Waals surface area (Å²) in [6.07, 6.45) is 1.52. The Morgan fingerprint density at radius 3 is 2.61 bits per heavy atom. The molecule has 1 aromatic carbocycles. The van der Waals surface area contributed by atoms with Gasteiger partial charge in [0, 0.05) is 17.8 Å². The molecule has 1 aromatic heterocycles. The summed E-state index contributed by atoms with van der Waals surface area (Å²) in [5, 5.41) is 0. The van der Waals surface area contributed by atoms with Gasteiger partial charge in [-0.25, -0.2) is 0 Å². The highest BCUT2D eigenvalue weighted by Gasteiger charge is 2.32. The minimum atomic E-state index is -0.249. The van der Waals surface area contributed by atoms with Crippen molar-refractivity contribution < 1.29 is 14.3 Å². The molecule has 23 heavy (non-hydrogen) atoms. The van der Waals surface area contributed by atoms with E-state index in [9.17, 15) is 9.59 Å². The van der Waals surface area contributed by atoms with Crippen molar-refractivity contribution in [3.63, 3.8) is 0 Å². The fraction of sp³-hybridized carbons (Fsp3) is 0.368. The molecule has 0 N–H and O–H groups in total. The van der Waals surface area contributed by atoms with Crippen molar-refractivity contribution in [1.82, 2.24) is 4.57 Å². The number of rotatable bonds is 5. The summed E-state index contributed by atoms with van der Waals surface area (Å²) >= 11 is 0. The average molecular weight is 311 g/mol. The summed E-state index contributed by atoms with van der Waals surface area (Å²) in [6.45, 7) is 5.10. The lowest BCUT2D eigenvalue weighted by Gasteiger charge is -2.09. The number of aromatic nitrogens is 1. The number of ketones is 1. The Kier molecular flexibility index (Phi) is 4.33. The monoisotopic (exact) mass is 311 g/mol. The molecule has 4 heteroatoms. The second-order valence-corrected chi connectivity index (χ2v) is 6.00. The number of hydrogen-bond donors (Lipinski definition) is 0. The highest BCUT2D eigenvalue weighted by atomic mass is 16.5. The van der Waals surface area contributed by atoms with Crippen molar-refractivity contribution in [3.05, 3.63) is 58.9 Å². The van der Waals surface area contributed by atoms with E-state index in [-0.39, 0.29) is 17.7 Å². The van der Waals surface area contributed by atoms with Gasteiger partial charge in [-0.1, -0.05) is 36.8 Å². The van der Waals surface area contributed by atoms with Crippen LogP contribution in [0.2, 0.25) is 0 Å². The zero-order chi connectivity index (χ0) is 16.4.